The van der Waals surface area contributed by atoms with Gasteiger partial charge in [0.1, 0.15) is 18.9 Å². The van der Waals surface area contributed by atoms with Gasteiger partial charge in [0.15, 0.2) is 0 Å². The summed E-state index contributed by atoms with van der Waals surface area (Å²) in [4.78, 5) is 9.74. The van der Waals surface area contributed by atoms with Gasteiger partial charge in [-0.1, -0.05) is 19.1 Å². The summed E-state index contributed by atoms with van der Waals surface area (Å²) in [5, 5.41) is 24.1. The average molecular weight is 593 g/mol. The Labute approximate surface area is 253 Å². The summed E-state index contributed by atoms with van der Waals surface area (Å²) in [6.07, 6.45) is 10.4. The van der Waals surface area contributed by atoms with Crippen LogP contribution >= 0.6 is 0 Å². The number of nitriles is 1. The number of hydrogen-bond donors (Lipinski definition) is 3. The van der Waals surface area contributed by atoms with Gasteiger partial charge in [0.2, 0.25) is 0 Å². The molecule has 9 nitrogen and oxygen atoms in total. The molecule has 1 saturated carbocycles. The van der Waals surface area contributed by atoms with Crippen molar-refractivity contribution in [2.75, 3.05) is 46.0 Å². The molecule has 43 heavy (non-hydrogen) atoms. The van der Waals surface area contributed by atoms with Gasteiger partial charge in [0, 0.05) is 55.2 Å². The highest BCUT2D eigenvalue weighted by atomic mass is 19.1. The van der Waals surface area contributed by atoms with Gasteiger partial charge in [-0.05, 0) is 68.1 Å². The first-order valence-electron chi connectivity index (χ1n) is 16.4. The highest BCUT2D eigenvalue weighted by Gasteiger charge is 2.57. The van der Waals surface area contributed by atoms with E-state index in [0.717, 1.165) is 62.2 Å². The summed E-state index contributed by atoms with van der Waals surface area (Å²) in [7, 11) is 0. The Bertz CT molecular complexity index is 1340. The molecule has 5 aliphatic heterocycles. The van der Waals surface area contributed by atoms with Crippen molar-refractivity contribution in [3.63, 3.8) is 0 Å². The Morgan fingerprint density at radius 3 is 2.91 bits per heavy atom. The number of amidine groups is 1. The maximum atomic E-state index is 14.5. The predicted molar refractivity (Wildman–Crippen MR) is 159 cm³/mol. The Hall–Kier alpha value is -2.29. The highest BCUT2D eigenvalue weighted by molar-refractivity contribution is 5.78. The third-order valence-electron chi connectivity index (χ3n) is 12.2. The van der Waals surface area contributed by atoms with Crippen LogP contribution in [0.5, 0.6) is 0 Å². The molecule has 0 amide bonds. The van der Waals surface area contributed by atoms with E-state index in [4.69, 9.17) is 20.2 Å². The van der Waals surface area contributed by atoms with Crippen LogP contribution in [-0.2, 0) is 9.47 Å². The van der Waals surface area contributed by atoms with Gasteiger partial charge in [-0.2, -0.15) is 5.26 Å². The number of nitrogens with one attached hydrogen (secondary N) is 1. The number of alkyl halides is 1. The maximum Gasteiger partial charge on any atom is 0.290 e. The minimum absolute atomic E-state index is 0.0357. The van der Waals surface area contributed by atoms with Gasteiger partial charge >= 0.3 is 0 Å². The van der Waals surface area contributed by atoms with Crippen LogP contribution in [0.3, 0.4) is 0 Å². The molecule has 8 aliphatic rings. The average Bonchev–Trinajstić information content (AvgIpc) is 3.68. The normalized spacial score (nSPS) is 42.1. The van der Waals surface area contributed by atoms with E-state index in [-0.39, 0.29) is 29.8 Å². The molecular formula is C33H45FN6O3. The van der Waals surface area contributed by atoms with Crippen molar-refractivity contribution in [1.29, 1.82) is 5.26 Å². The third kappa shape index (κ3) is 4.37. The Morgan fingerprint density at radius 2 is 2.14 bits per heavy atom. The van der Waals surface area contributed by atoms with E-state index >= 15 is 0 Å². The van der Waals surface area contributed by atoms with Crippen LogP contribution < -0.4 is 11.1 Å². The lowest BCUT2D eigenvalue weighted by Crippen LogP contribution is -2.64. The lowest BCUT2D eigenvalue weighted by molar-refractivity contribution is -0.0836. The maximum absolute atomic E-state index is 14.5. The van der Waals surface area contributed by atoms with Crippen LogP contribution in [0.4, 0.5) is 4.39 Å². The number of allylic oxidation sites excluding steroid dienone is 2. The van der Waals surface area contributed by atoms with E-state index in [2.05, 4.69) is 34.2 Å². The summed E-state index contributed by atoms with van der Waals surface area (Å²) in [5.41, 5.74) is 9.99. The fourth-order valence-electron chi connectivity index (χ4n) is 9.59. The van der Waals surface area contributed by atoms with Crippen LogP contribution in [0.25, 0.3) is 0 Å². The molecule has 10 heteroatoms. The summed E-state index contributed by atoms with van der Waals surface area (Å²) >= 11 is 0. The molecule has 0 aromatic carbocycles. The molecule has 0 radical (unpaired) electrons. The van der Waals surface area contributed by atoms with Gasteiger partial charge in [0.05, 0.1) is 36.3 Å². The summed E-state index contributed by atoms with van der Waals surface area (Å²) < 4.78 is 27.9. The quantitative estimate of drug-likeness (QED) is 0.446. The fraction of sp³-hybridized carbons (Fsp3) is 0.758. The standard InChI is InChI=1S/C33H45FN6O3/c1-20-7-9-33(28-23(20)5-6-26(36)24(28)13-35)12-27-25(15-43-33)29(39-16-31(17-39,18-41)21-3-4-21)38-30(37-27)42-19-32-8-2-10-40(32)14-22(34)11-32/h5-6,20-22,24,26,29,41H,2-4,7-12,14-19,36H2,1H3,(H,37,38)/t20-,22+,24?,26?,29?,32?,33-/m0/s1. The van der Waals surface area contributed by atoms with Gasteiger partial charge in [0.25, 0.3) is 6.02 Å². The van der Waals surface area contributed by atoms with Crippen LogP contribution in [0.15, 0.2) is 39.6 Å². The number of ether oxygens (including phenoxy) is 2. The van der Waals surface area contributed by atoms with Crippen molar-refractivity contribution in [2.45, 2.75) is 87.8 Å². The number of aliphatic imine (C=N–C) groups is 1. The molecule has 4 fully saturated rings. The highest BCUT2D eigenvalue weighted by Crippen LogP contribution is 2.54. The SMILES string of the molecule is C[C@H]1CC[C@]2(CC3=C(CO2)C(N2CC(CO)(C4CC4)C2)N=C(OCC24CCCN2C[C@H](F)C4)N3)C2=C1C=CC(N)C2C#N. The van der Waals surface area contributed by atoms with Crippen molar-refractivity contribution in [3.8, 4) is 6.07 Å². The largest absolute Gasteiger partial charge is 0.463 e. The number of halogens is 1. The molecule has 3 saturated heterocycles. The molecular weight excluding hydrogens is 547 g/mol. The number of likely N-dealkylation sites (tertiary alicyclic amines) is 1. The molecule has 0 aromatic heterocycles. The van der Waals surface area contributed by atoms with Crippen LogP contribution in [-0.4, -0.2) is 96.4 Å². The Morgan fingerprint density at radius 1 is 1.30 bits per heavy atom. The first-order chi connectivity index (χ1) is 20.8. The molecule has 1 spiro atoms. The van der Waals surface area contributed by atoms with Crippen LogP contribution in [0.1, 0.15) is 58.3 Å². The Balaban J connectivity index is 1.10. The molecule has 0 aromatic rings. The van der Waals surface area contributed by atoms with Gasteiger partial charge in [-0.25, -0.2) is 9.38 Å². The number of aliphatic hydroxyl groups is 1. The molecule has 5 heterocycles. The van der Waals surface area contributed by atoms with Crippen LogP contribution in [0, 0.1) is 34.5 Å². The molecule has 7 atom stereocenters. The van der Waals surface area contributed by atoms with Gasteiger partial charge < -0.3 is 25.6 Å². The zero-order valence-electron chi connectivity index (χ0n) is 25.2. The molecule has 232 valence electrons. The van der Waals surface area contributed by atoms with E-state index in [1.54, 1.807) is 0 Å². The first-order valence-corrected chi connectivity index (χ1v) is 16.4. The van der Waals surface area contributed by atoms with Crippen molar-refractivity contribution >= 4 is 6.02 Å². The summed E-state index contributed by atoms with van der Waals surface area (Å²) in [6.45, 7) is 6.30. The van der Waals surface area contributed by atoms with E-state index in [1.807, 2.05) is 6.08 Å². The summed E-state index contributed by atoms with van der Waals surface area (Å²) in [5.74, 6) is 0.524. The topological polar surface area (TPSA) is 119 Å². The number of rotatable bonds is 5. The monoisotopic (exact) mass is 592 g/mol. The molecule has 3 aliphatic carbocycles. The number of fused-ring (bicyclic) bond motifs is 2. The number of nitrogens with zero attached hydrogens (tertiary/aromatic N) is 4. The smallest absolute Gasteiger partial charge is 0.290 e. The lowest BCUT2D eigenvalue weighted by atomic mass is 9.64. The van der Waals surface area contributed by atoms with E-state index < -0.39 is 17.7 Å². The van der Waals surface area contributed by atoms with E-state index in [9.17, 15) is 14.8 Å². The first kappa shape index (κ1) is 28.2. The lowest BCUT2D eigenvalue weighted by Gasteiger charge is -2.55. The van der Waals surface area contributed by atoms with Gasteiger partial charge in [-0.15, -0.1) is 0 Å². The predicted octanol–water partition coefficient (Wildman–Crippen LogP) is 2.75. The molecule has 0 bridgehead atoms. The van der Waals surface area contributed by atoms with E-state index in [0.29, 0.717) is 50.5 Å². The van der Waals surface area contributed by atoms with E-state index in [1.165, 1.54) is 18.4 Å². The van der Waals surface area contributed by atoms with Crippen molar-refractivity contribution in [2.24, 2.45) is 33.9 Å². The zero-order valence-corrected chi connectivity index (χ0v) is 25.2. The minimum Gasteiger partial charge on any atom is -0.463 e. The fourth-order valence-corrected chi connectivity index (χ4v) is 9.59. The minimum atomic E-state index is -0.808. The second-order valence-electron chi connectivity index (χ2n) is 14.8. The second kappa shape index (κ2) is 10.1. The van der Waals surface area contributed by atoms with Crippen molar-refractivity contribution < 1.29 is 19.0 Å². The number of hydrogen-bond acceptors (Lipinski definition) is 9. The third-order valence-corrected chi connectivity index (χ3v) is 12.2. The molecule has 4 N–H and O–H groups in total. The summed E-state index contributed by atoms with van der Waals surface area (Å²) in [6, 6.07) is 2.65. The number of nitrogens with two attached hydrogens (primary N) is 1. The van der Waals surface area contributed by atoms with Crippen LogP contribution in [0.2, 0.25) is 0 Å². The Kier molecular flexibility index (Phi) is 6.63. The van der Waals surface area contributed by atoms with Crippen molar-refractivity contribution in [1.82, 2.24) is 15.1 Å². The molecule has 4 unspecified atom stereocenters. The number of aliphatic hydroxyl groups excluding tert-OH is 1. The molecule has 8 rings (SSSR count). The van der Waals surface area contributed by atoms with Gasteiger partial charge in [-0.3, -0.25) is 9.80 Å². The zero-order chi connectivity index (χ0) is 29.6. The second-order valence-corrected chi connectivity index (χ2v) is 14.8. The van der Waals surface area contributed by atoms with Crippen molar-refractivity contribution in [3.05, 3.63) is 34.6 Å².